The number of hydrogen-bond acceptors (Lipinski definition) is 4. The molecular formula is C18H23Cl2N3O2. The van der Waals surface area contributed by atoms with Crippen LogP contribution >= 0.6 is 24.8 Å². The number of carbonyl (C=O) groups excluding carboxylic acids is 1. The first-order valence-electron chi connectivity index (χ1n) is 7.82. The predicted octanol–water partition coefficient (Wildman–Crippen LogP) is 3.20. The van der Waals surface area contributed by atoms with Gasteiger partial charge in [0.2, 0.25) is 5.91 Å². The van der Waals surface area contributed by atoms with Crippen LogP contribution in [0.3, 0.4) is 0 Å². The first kappa shape index (κ1) is 21.3. The standard InChI is InChI=1S/C18H21N3O2.2ClH/c19-11-13-10-17(20-12-13)18(22)21-14-6-8-16(9-7-14)23-15-4-2-1-3-5-15;;/h1-9,13,17,20H,10-12,19H2,(H,21,22);2*1H/t13?,17-;;/m0../s1. The van der Waals surface area contributed by atoms with Gasteiger partial charge in [0.1, 0.15) is 11.5 Å². The molecule has 4 N–H and O–H groups in total. The lowest BCUT2D eigenvalue weighted by atomic mass is 10.1. The van der Waals surface area contributed by atoms with E-state index in [4.69, 9.17) is 10.5 Å². The Labute approximate surface area is 160 Å². The van der Waals surface area contributed by atoms with Crippen LogP contribution in [-0.2, 0) is 4.79 Å². The van der Waals surface area contributed by atoms with E-state index >= 15 is 0 Å². The van der Waals surface area contributed by atoms with Gasteiger partial charge >= 0.3 is 0 Å². The molecule has 1 amide bonds. The fraction of sp³-hybridized carbons (Fsp3) is 0.278. The van der Waals surface area contributed by atoms with Crippen molar-refractivity contribution in [3.63, 3.8) is 0 Å². The van der Waals surface area contributed by atoms with Crippen molar-refractivity contribution in [1.82, 2.24) is 5.32 Å². The van der Waals surface area contributed by atoms with E-state index in [-0.39, 0.29) is 36.8 Å². The third-order valence-electron chi connectivity index (χ3n) is 3.97. The predicted molar refractivity (Wildman–Crippen MR) is 105 cm³/mol. The summed E-state index contributed by atoms with van der Waals surface area (Å²) in [5, 5.41) is 6.13. The van der Waals surface area contributed by atoms with Gasteiger partial charge in [0, 0.05) is 5.69 Å². The highest BCUT2D eigenvalue weighted by Gasteiger charge is 2.28. The van der Waals surface area contributed by atoms with Crippen LogP contribution in [0.15, 0.2) is 54.6 Å². The summed E-state index contributed by atoms with van der Waals surface area (Å²) in [5.41, 5.74) is 6.40. The average Bonchev–Trinajstić information content (AvgIpc) is 3.07. The first-order valence-corrected chi connectivity index (χ1v) is 7.82. The average molecular weight is 384 g/mol. The normalized spacial score (nSPS) is 18.6. The van der Waals surface area contributed by atoms with E-state index in [0.29, 0.717) is 12.5 Å². The second kappa shape index (κ2) is 10.3. The highest BCUT2D eigenvalue weighted by atomic mass is 35.5. The molecule has 1 aliphatic rings. The van der Waals surface area contributed by atoms with Crippen molar-refractivity contribution in [2.24, 2.45) is 11.7 Å². The van der Waals surface area contributed by atoms with Gasteiger partial charge in [-0.05, 0) is 61.8 Å². The molecule has 0 spiro atoms. The Morgan fingerprint density at radius 3 is 2.32 bits per heavy atom. The summed E-state index contributed by atoms with van der Waals surface area (Å²) in [6, 6.07) is 16.8. The first-order chi connectivity index (χ1) is 11.2. The molecular weight excluding hydrogens is 361 g/mol. The lowest BCUT2D eigenvalue weighted by Crippen LogP contribution is -2.35. The molecule has 1 fully saturated rings. The van der Waals surface area contributed by atoms with Crippen molar-refractivity contribution in [2.45, 2.75) is 12.5 Å². The quantitative estimate of drug-likeness (QED) is 0.740. The van der Waals surface area contributed by atoms with Gasteiger partial charge in [0.15, 0.2) is 0 Å². The van der Waals surface area contributed by atoms with E-state index in [2.05, 4.69) is 10.6 Å². The van der Waals surface area contributed by atoms with Crippen LogP contribution in [0.25, 0.3) is 0 Å². The number of para-hydroxylation sites is 1. The van der Waals surface area contributed by atoms with Gasteiger partial charge < -0.3 is 21.1 Å². The molecule has 7 heteroatoms. The van der Waals surface area contributed by atoms with Crippen molar-refractivity contribution in [1.29, 1.82) is 0 Å². The zero-order valence-electron chi connectivity index (χ0n) is 13.7. The van der Waals surface area contributed by atoms with E-state index in [9.17, 15) is 4.79 Å². The minimum atomic E-state index is -0.163. The van der Waals surface area contributed by atoms with Gasteiger partial charge in [-0.2, -0.15) is 0 Å². The molecule has 0 radical (unpaired) electrons. The monoisotopic (exact) mass is 383 g/mol. The summed E-state index contributed by atoms with van der Waals surface area (Å²) in [4.78, 5) is 12.2. The summed E-state index contributed by atoms with van der Waals surface area (Å²) in [6.07, 6.45) is 0.789. The molecule has 25 heavy (non-hydrogen) atoms. The van der Waals surface area contributed by atoms with Gasteiger partial charge in [-0.25, -0.2) is 0 Å². The maximum atomic E-state index is 12.2. The number of amides is 1. The fourth-order valence-corrected chi connectivity index (χ4v) is 2.65. The molecule has 0 aliphatic carbocycles. The smallest absolute Gasteiger partial charge is 0.241 e. The Kier molecular flexibility index (Phi) is 8.72. The van der Waals surface area contributed by atoms with Gasteiger partial charge in [0.25, 0.3) is 0 Å². The molecule has 5 nitrogen and oxygen atoms in total. The van der Waals surface area contributed by atoms with Gasteiger partial charge in [-0.3, -0.25) is 4.79 Å². The summed E-state index contributed by atoms with van der Waals surface area (Å²) in [6.45, 7) is 1.42. The maximum Gasteiger partial charge on any atom is 0.241 e. The highest BCUT2D eigenvalue weighted by molar-refractivity contribution is 5.95. The largest absolute Gasteiger partial charge is 0.457 e. The molecule has 2 aromatic rings. The number of benzene rings is 2. The van der Waals surface area contributed by atoms with Crippen LogP contribution in [0.1, 0.15) is 6.42 Å². The molecule has 136 valence electrons. The zero-order chi connectivity index (χ0) is 16.1. The van der Waals surface area contributed by atoms with E-state index < -0.39 is 0 Å². The number of nitrogens with two attached hydrogens (primary N) is 1. The van der Waals surface area contributed by atoms with Crippen LogP contribution in [0, 0.1) is 5.92 Å². The molecule has 0 aromatic heterocycles. The minimum Gasteiger partial charge on any atom is -0.457 e. The number of rotatable bonds is 5. The van der Waals surface area contributed by atoms with Crippen molar-refractivity contribution in [3.8, 4) is 11.5 Å². The molecule has 1 unspecified atom stereocenters. The van der Waals surface area contributed by atoms with Crippen molar-refractivity contribution in [2.75, 3.05) is 18.4 Å². The van der Waals surface area contributed by atoms with E-state index in [1.54, 1.807) is 0 Å². The molecule has 2 aromatic carbocycles. The molecule has 0 saturated carbocycles. The Hall–Kier alpha value is -1.79. The van der Waals surface area contributed by atoms with Crippen molar-refractivity contribution in [3.05, 3.63) is 54.6 Å². The van der Waals surface area contributed by atoms with Crippen LogP contribution < -0.4 is 21.1 Å². The van der Waals surface area contributed by atoms with Crippen LogP contribution in [0.4, 0.5) is 5.69 Å². The molecule has 0 bridgehead atoms. The zero-order valence-corrected chi connectivity index (χ0v) is 15.3. The Morgan fingerprint density at radius 2 is 1.72 bits per heavy atom. The summed E-state index contributed by atoms with van der Waals surface area (Å²) in [5.74, 6) is 1.88. The number of hydrogen-bond donors (Lipinski definition) is 3. The van der Waals surface area contributed by atoms with E-state index in [0.717, 1.165) is 30.2 Å². The molecule has 1 aliphatic heterocycles. The SMILES string of the molecule is Cl.Cl.NCC1CN[C@H](C(=O)Nc2ccc(Oc3ccccc3)cc2)C1. The van der Waals surface area contributed by atoms with Crippen LogP contribution in [0.5, 0.6) is 11.5 Å². The van der Waals surface area contributed by atoms with Gasteiger partial charge in [-0.1, -0.05) is 18.2 Å². The molecule has 3 rings (SSSR count). The number of nitrogens with one attached hydrogen (secondary N) is 2. The van der Waals surface area contributed by atoms with E-state index in [1.807, 2.05) is 54.6 Å². The Balaban J connectivity index is 0.00000156. The second-order valence-corrected chi connectivity index (χ2v) is 5.73. The second-order valence-electron chi connectivity index (χ2n) is 5.73. The van der Waals surface area contributed by atoms with Crippen molar-refractivity contribution >= 4 is 36.4 Å². The summed E-state index contributed by atoms with van der Waals surface area (Å²) in [7, 11) is 0. The minimum absolute atomic E-state index is 0. The Bertz CT molecular complexity index is 653. The third kappa shape index (κ3) is 5.90. The number of halogens is 2. The summed E-state index contributed by atoms with van der Waals surface area (Å²) >= 11 is 0. The van der Waals surface area contributed by atoms with Gasteiger partial charge in [0.05, 0.1) is 6.04 Å². The maximum absolute atomic E-state index is 12.2. The highest BCUT2D eigenvalue weighted by Crippen LogP contribution is 2.23. The Morgan fingerprint density at radius 1 is 1.08 bits per heavy atom. The number of anilines is 1. The lowest BCUT2D eigenvalue weighted by Gasteiger charge is -2.12. The molecule has 1 heterocycles. The lowest BCUT2D eigenvalue weighted by molar-refractivity contribution is -0.117. The van der Waals surface area contributed by atoms with E-state index in [1.165, 1.54) is 0 Å². The fourth-order valence-electron chi connectivity index (χ4n) is 2.65. The molecule has 2 atom stereocenters. The van der Waals surface area contributed by atoms with Crippen LogP contribution in [-0.4, -0.2) is 25.0 Å². The summed E-state index contributed by atoms with van der Waals surface area (Å²) < 4.78 is 5.73. The molecule has 1 saturated heterocycles. The number of ether oxygens (including phenoxy) is 1. The van der Waals surface area contributed by atoms with Gasteiger partial charge in [-0.15, -0.1) is 24.8 Å². The third-order valence-corrected chi connectivity index (χ3v) is 3.97. The topological polar surface area (TPSA) is 76.4 Å². The van der Waals surface area contributed by atoms with Crippen LogP contribution in [0.2, 0.25) is 0 Å². The van der Waals surface area contributed by atoms with Crippen molar-refractivity contribution < 1.29 is 9.53 Å². The number of carbonyl (C=O) groups is 1.